The van der Waals surface area contributed by atoms with Gasteiger partial charge in [0.2, 0.25) is 0 Å². The second-order valence-electron chi connectivity index (χ2n) is 37.6. The first-order valence-electron chi connectivity index (χ1n) is 55.8. The van der Waals surface area contributed by atoms with Gasteiger partial charge in [0.15, 0.2) is 0 Å². The Kier molecular flexibility index (Phi) is 157. The van der Waals surface area contributed by atoms with E-state index < -0.39 is 41.8 Å². The minimum Gasteiger partial charge on any atom is -0.550 e. The Bertz CT molecular complexity index is 1660. The molecule has 0 atom stereocenters. The van der Waals surface area contributed by atoms with Gasteiger partial charge in [-0.15, -0.1) is 0 Å². The summed E-state index contributed by atoms with van der Waals surface area (Å²) >= 11 is 0. The molecule has 0 aliphatic heterocycles. The van der Waals surface area contributed by atoms with Gasteiger partial charge in [0, 0.05) is 41.8 Å². The quantitative estimate of drug-likeness (QED) is 0.0404. The molecule has 0 heterocycles. The van der Waals surface area contributed by atoms with Gasteiger partial charge >= 0.3 is 43.6 Å². The molecule has 0 aromatic carbocycles. The SMILES string of the molecule is CCCCCCCCCCCCCCCC(=O)[O-].CCCCCCCCCCCCCCCC(=O)[O-].CCCCCCCCCCCCCCCC(=O)[O-].CCCCCCCCCCCCCCCC(=O)[O-].CCCCCCCCCCCCCCCC(=O)[O-].CCCCCCCCCCCCCCCC(=O)[O-].CCCCCCCCCCCCCCCC(=O)[O-].[Al+3].[Zr+4]. The topological polar surface area (TPSA) is 281 Å². The predicted molar refractivity (Wildman–Crippen MR) is 533 cm³/mol. The molecule has 0 rings (SSSR count). The molecule has 0 aromatic rings. The number of carbonyl (C=O) groups is 7. The predicted octanol–water partition coefficient (Wildman–Crippen LogP) is 29.1. The number of carbonyl (C=O) groups excluding carboxylic acids is 7. The monoisotopic (exact) mass is 1900 g/mol. The van der Waals surface area contributed by atoms with Crippen LogP contribution >= 0.6 is 0 Å². The molecule has 0 saturated carbocycles. The number of aliphatic carboxylic acids is 7. The third kappa shape index (κ3) is 177. The summed E-state index contributed by atoms with van der Waals surface area (Å²) in [6.07, 6.45) is 119. The molecule has 0 spiro atoms. The van der Waals surface area contributed by atoms with Crippen LogP contribution in [0, 0.1) is 0 Å². The second kappa shape index (κ2) is 140. The molecule has 756 valence electrons. The minimum atomic E-state index is -0.905. The van der Waals surface area contributed by atoms with Crippen molar-refractivity contribution in [3.05, 3.63) is 0 Å². The summed E-state index contributed by atoms with van der Waals surface area (Å²) in [6, 6.07) is 0. The number of carboxylic acids is 7. The van der Waals surface area contributed by atoms with Crippen LogP contribution in [-0.2, 0) is 59.8 Å². The first-order valence-corrected chi connectivity index (χ1v) is 55.8. The fourth-order valence-corrected chi connectivity index (χ4v) is 16.0. The largest absolute Gasteiger partial charge is 4.00 e. The van der Waals surface area contributed by atoms with Crippen molar-refractivity contribution < 1.29 is 95.5 Å². The Morgan fingerprint density at radius 1 is 0.109 bits per heavy atom. The van der Waals surface area contributed by atoms with Crippen LogP contribution in [0.3, 0.4) is 0 Å². The van der Waals surface area contributed by atoms with E-state index in [4.69, 9.17) is 0 Å². The number of hydrogen-bond donors (Lipinski definition) is 0. The molecule has 0 saturated heterocycles. The van der Waals surface area contributed by atoms with Gasteiger partial charge in [-0.25, -0.2) is 0 Å². The summed E-state index contributed by atoms with van der Waals surface area (Å²) in [5, 5.41) is 71.3. The van der Waals surface area contributed by atoms with E-state index in [0.29, 0.717) is 0 Å². The average molecular weight is 1910 g/mol. The van der Waals surface area contributed by atoms with E-state index in [1.165, 1.54) is 494 Å². The number of rotatable bonds is 98. The van der Waals surface area contributed by atoms with Crippen LogP contribution in [-0.4, -0.2) is 59.1 Å². The van der Waals surface area contributed by atoms with Crippen LogP contribution in [0.2, 0.25) is 0 Å². The van der Waals surface area contributed by atoms with Gasteiger partial charge in [-0.05, 0) is 89.9 Å². The maximum Gasteiger partial charge on any atom is 4.00 e. The molecule has 0 aliphatic rings. The normalized spacial score (nSPS) is 10.6. The summed E-state index contributed by atoms with van der Waals surface area (Å²) in [6.45, 7) is 15.8. The van der Waals surface area contributed by atoms with Crippen LogP contribution in [0.1, 0.15) is 678 Å². The standard InChI is InChI=1S/7C16H32O2.Al.Zr/c7*1-2-3-4-5-6-7-8-9-10-11-12-13-14-15-16(17)18;;/h7*2-15H2,1H3,(H,17,18);;/q;;;;;;;+3;+4/p-7. The van der Waals surface area contributed by atoms with Gasteiger partial charge < -0.3 is 69.3 Å². The molecule has 0 unspecified atom stereocenters. The Hall–Kier alpha value is -2.29. The number of hydrogen-bond acceptors (Lipinski definition) is 14. The van der Waals surface area contributed by atoms with Crippen LogP contribution in [0.4, 0.5) is 0 Å². The van der Waals surface area contributed by atoms with E-state index in [0.717, 1.165) is 89.9 Å². The summed E-state index contributed by atoms with van der Waals surface area (Å²) in [5.74, 6) is -6.33. The molecule has 0 radical (unpaired) electrons. The molecular formula is C112H217AlO14Zr. The van der Waals surface area contributed by atoms with Crippen molar-refractivity contribution in [2.45, 2.75) is 678 Å². The van der Waals surface area contributed by atoms with Gasteiger partial charge in [0.25, 0.3) is 0 Å². The minimum absolute atomic E-state index is 0. The van der Waals surface area contributed by atoms with E-state index in [1.54, 1.807) is 0 Å². The van der Waals surface area contributed by atoms with Crippen LogP contribution in [0.5, 0.6) is 0 Å². The Balaban J connectivity index is -0.000000184. The fourth-order valence-electron chi connectivity index (χ4n) is 16.0. The molecule has 0 N–H and O–H groups in total. The van der Waals surface area contributed by atoms with Crippen molar-refractivity contribution in [3.8, 4) is 0 Å². The summed E-state index contributed by atoms with van der Waals surface area (Å²) in [5.41, 5.74) is 0. The molecule has 14 nitrogen and oxygen atoms in total. The van der Waals surface area contributed by atoms with Crippen molar-refractivity contribution in [2.75, 3.05) is 0 Å². The van der Waals surface area contributed by atoms with E-state index in [-0.39, 0.29) is 88.5 Å². The van der Waals surface area contributed by atoms with Gasteiger partial charge in [0.05, 0.1) is 0 Å². The van der Waals surface area contributed by atoms with Crippen LogP contribution in [0.15, 0.2) is 0 Å². The molecular weight excluding hydrogens is 1690 g/mol. The zero-order valence-electron chi connectivity index (χ0n) is 86.6. The fraction of sp³-hybridized carbons (Fsp3) is 0.938. The number of unbranched alkanes of at least 4 members (excludes halogenated alkanes) is 84. The van der Waals surface area contributed by atoms with Crippen LogP contribution < -0.4 is 35.7 Å². The molecule has 0 amide bonds. The molecule has 0 aromatic heterocycles. The van der Waals surface area contributed by atoms with E-state index in [9.17, 15) is 69.3 Å². The third-order valence-electron chi connectivity index (χ3n) is 24.4. The van der Waals surface area contributed by atoms with Crippen molar-refractivity contribution in [2.24, 2.45) is 0 Å². The zero-order valence-corrected chi connectivity index (χ0v) is 90.2. The Morgan fingerprint density at radius 3 is 0.203 bits per heavy atom. The van der Waals surface area contributed by atoms with Crippen molar-refractivity contribution in [3.63, 3.8) is 0 Å². The van der Waals surface area contributed by atoms with Crippen molar-refractivity contribution in [1.29, 1.82) is 0 Å². The van der Waals surface area contributed by atoms with Gasteiger partial charge in [-0.3, -0.25) is 0 Å². The Labute approximate surface area is 826 Å². The van der Waals surface area contributed by atoms with Crippen molar-refractivity contribution >= 4 is 59.1 Å². The van der Waals surface area contributed by atoms with E-state index in [1.807, 2.05) is 0 Å². The summed E-state index contributed by atoms with van der Waals surface area (Å²) in [7, 11) is 0. The third-order valence-corrected chi connectivity index (χ3v) is 24.4. The first-order chi connectivity index (χ1) is 61.4. The number of carboxylic acid groups (broad SMARTS) is 7. The van der Waals surface area contributed by atoms with Crippen LogP contribution in [0.25, 0.3) is 0 Å². The molecule has 128 heavy (non-hydrogen) atoms. The molecule has 16 heteroatoms. The smallest absolute Gasteiger partial charge is 0.550 e. The molecule has 0 bridgehead atoms. The van der Waals surface area contributed by atoms with E-state index >= 15 is 0 Å². The van der Waals surface area contributed by atoms with Gasteiger partial charge in [0.1, 0.15) is 0 Å². The molecule has 0 aliphatic carbocycles. The van der Waals surface area contributed by atoms with Gasteiger partial charge in [-0.1, -0.05) is 588 Å². The summed E-state index contributed by atoms with van der Waals surface area (Å²) in [4.78, 5) is 71.3. The second-order valence-corrected chi connectivity index (χ2v) is 37.6. The van der Waals surface area contributed by atoms with E-state index in [2.05, 4.69) is 48.5 Å². The average Bonchev–Trinajstić information content (AvgIpc) is 1.13. The maximum absolute atomic E-state index is 10.2. The first kappa shape index (κ1) is 144. The summed E-state index contributed by atoms with van der Waals surface area (Å²) < 4.78 is 0. The molecule has 0 fully saturated rings. The van der Waals surface area contributed by atoms with Gasteiger partial charge in [-0.2, -0.15) is 0 Å². The maximum atomic E-state index is 10.2. The Morgan fingerprint density at radius 2 is 0.156 bits per heavy atom. The van der Waals surface area contributed by atoms with Crippen molar-refractivity contribution in [1.82, 2.24) is 0 Å². The zero-order chi connectivity index (χ0) is 94.3.